The smallest absolute Gasteiger partial charge is 0.271 e. The van der Waals surface area contributed by atoms with Crippen molar-refractivity contribution in [3.8, 4) is 0 Å². The Labute approximate surface area is 114 Å². The molecule has 2 heterocycles. The minimum Gasteiger partial charge on any atom is -0.350 e. The first kappa shape index (κ1) is 13.0. The van der Waals surface area contributed by atoms with Gasteiger partial charge in [-0.3, -0.25) is 4.79 Å². The summed E-state index contributed by atoms with van der Waals surface area (Å²) >= 11 is 13.5. The van der Waals surface area contributed by atoms with Gasteiger partial charge in [-0.15, -0.1) is 0 Å². The van der Waals surface area contributed by atoms with Crippen LogP contribution in [0.15, 0.2) is 12.1 Å². The minimum absolute atomic E-state index is 0.196. The Morgan fingerprint density at radius 3 is 3.06 bits per heavy atom. The highest BCUT2D eigenvalue weighted by atomic mass is 35.5. The van der Waals surface area contributed by atoms with Crippen molar-refractivity contribution in [1.29, 1.82) is 0 Å². The summed E-state index contributed by atoms with van der Waals surface area (Å²) in [5, 5.41) is 3.95. The molecule has 0 radical (unpaired) electrons. The molecule has 1 unspecified atom stereocenters. The van der Waals surface area contributed by atoms with Crippen molar-refractivity contribution >= 4 is 40.9 Å². The van der Waals surface area contributed by atoms with Crippen LogP contribution >= 0.6 is 35.0 Å². The fourth-order valence-electron chi connectivity index (χ4n) is 1.67. The van der Waals surface area contributed by atoms with E-state index in [9.17, 15) is 4.79 Å². The van der Waals surface area contributed by atoms with Gasteiger partial charge in [0.25, 0.3) is 5.91 Å². The van der Waals surface area contributed by atoms with E-state index in [-0.39, 0.29) is 16.8 Å². The lowest BCUT2D eigenvalue weighted by atomic mass is 10.2. The molecule has 0 aromatic carbocycles. The van der Waals surface area contributed by atoms with E-state index in [0.717, 1.165) is 6.42 Å². The number of carbonyl (C=O) groups is 1. The van der Waals surface area contributed by atoms with Crippen molar-refractivity contribution < 1.29 is 4.79 Å². The highest BCUT2D eigenvalue weighted by molar-refractivity contribution is 8.00. The van der Waals surface area contributed by atoms with E-state index in [1.54, 1.807) is 12.1 Å². The van der Waals surface area contributed by atoms with E-state index in [0.29, 0.717) is 16.8 Å². The molecule has 0 saturated carbocycles. The predicted octanol–water partition coefficient (Wildman–Crippen LogP) is 3.01. The first-order valence-corrected chi connectivity index (χ1v) is 7.19. The Bertz CT molecular complexity index is 422. The topological polar surface area (TPSA) is 42.0 Å². The van der Waals surface area contributed by atoms with Crippen LogP contribution in [-0.2, 0) is 0 Å². The number of nitrogens with one attached hydrogen (secondary N) is 1. The van der Waals surface area contributed by atoms with Gasteiger partial charge in [-0.2, -0.15) is 11.8 Å². The maximum atomic E-state index is 11.8. The molecule has 92 valence electrons. The Kier molecular flexibility index (Phi) is 4.54. The third-order valence-corrected chi connectivity index (χ3v) is 4.46. The number of pyridine rings is 1. The fourth-order valence-corrected chi connectivity index (χ4v) is 3.21. The molecule has 1 N–H and O–H groups in total. The van der Waals surface area contributed by atoms with Crippen LogP contribution in [0.1, 0.15) is 23.3 Å². The molecule has 0 aliphatic carbocycles. The quantitative estimate of drug-likeness (QED) is 0.870. The van der Waals surface area contributed by atoms with Gasteiger partial charge in [0.2, 0.25) is 0 Å². The molecule has 1 aromatic rings. The molecule has 6 heteroatoms. The normalized spacial score (nSPS) is 19.3. The summed E-state index contributed by atoms with van der Waals surface area (Å²) in [7, 11) is 0. The average molecular weight is 291 g/mol. The summed E-state index contributed by atoms with van der Waals surface area (Å²) in [4.78, 5) is 15.8. The first-order chi connectivity index (χ1) is 8.16. The fraction of sp³-hybridized carbons (Fsp3) is 0.455. The SMILES string of the molecule is O=C(NCC1CCCS1)c1nc(Cl)ccc1Cl. The summed E-state index contributed by atoms with van der Waals surface area (Å²) < 4.78 is 0. The van der Waals surface area contributed by atoms with Gasteiger partial charge in [-0.05, 0) is 30.7 Å². The molecule has 1 fully saturated rings. The lowest BCUT2D eigenvalue weighted by molar-refractivity contribution is 0.0949. The van der Waals surface area contributed by atoms with Crippen molar-refractivity contribution in [3.63, 3.8) is 0 Å². The molecular weight excluding hydrogens is 279 g/mol. The lowest BCUT2D eigenvalue weighted by Crippen LogP contribution is -2.30. The van der Waals surface area contributed by atoms with E-state index in [1.165, 1.54) is 12.2 Å². The van der Waals surface area contributed by atoms with Gasteiger partial charge in [0.15, 0.2) is 0 Å². The number of hydrogen-bond acceptors (Lipinski definition) is 3. The molecule has 17 heavy (non-hydrogen) atoms. The van der Waals surface area contributed by atoms with Crippen LogP contribution in [0.4, 0.5) is 0 Å². The summed E-state index contributed by atoms with van der Waals surface area (Å²) in [5.41, 5.74) is 0.196. The van der Waals surface area contributed by atoms with Gasteiger partial charge in [0, 0.05) is 11.8 Å². The van der Waals surface area contributed by atoms with E-state index in [1.807, 2.05) is 11.8 Å². The number of rotatable bonds is 3. The Morgan fingerprint density at radius 1 is 1.53 bits per heavy atom. The minimum atomic E-state index is -0.259. The van der Waals surface area contributed by atoms with Crippen LogP contribution in [0.2, 0.25) is 10.2 Å². The molecule has 0 spiro atoms. The van der Waals surface area contributed by atoms with Crippen molar-refractivity contribution in [1.82, 2.24) is 10.3 Å². The Morgan fingerprint density at radius 2 is 2.35 bits per heavy atom. The van der Waals surface area contributed by atoms with Crippen LogP contribution in [0.25, 0.3) is 0 Å². The van der Waals surface area contributed by atoms with E-state index >= 15 is 0 Å². The number of thioether (sulfide) groups is 1. The molecule has 3 nitrogen and oxygen atoms in total. The second kappa shape index (κ2) is 5.94. The molecule has 0 bridgehead atoms. The van der Waals surface area contributed by atoms with Gasteiger partial charge in [-0.1, -0.05) is 23.2 Å². The molecule has 1 atom stereocenters. The Balaban J connectivity index is 1.96. The molecule has 2 rings (SSSR count). The van der Waals surface area contributed by atoms with Crippen molar-refractivity contribution in [2.24, 2.45) is 0 Å². The maximum absolute atomic E-state index is 11.8. The molecule has 1 aliphatic heterocycles. The molecule has 1 amide bonds. The van der Waals surface area contributed by atoms with E-state index in [4.69, 9.17) is 23.2 Å². The van der Waals surface area contributed by atoms with Crippen LogP contribution in [-0.4, -0.2) is 28.4 Å². The van der Waals surface area contributed by atoms with Crippen molar-refractivity contribution in [2.75, 3.05) is 12.3 Å². The van der Waals surface area contributed by atoms with Crippen molar-refractivity contribution in [3.05, 3.63) is 28.0 Å². The van der Waals surface area contributed by atoms with Gasteiger partial charge in [-0.25, -0.2) is 4.98 Å². The zero-order valence-electron chi connectivity index (χ0n) is 9.08. The lowest BCUT2D eigenvalue weighted by Gasteiger charge is -2.10. The number of carbonyl (C=O) groups excluding carboxylic acids is 1. The van der Waals surface area contributed by atoms with Crippen molar-refractivity contribution in [2.45, 2.75) is 18.1 Å². The second-order valence-electron chi connectivity index (χ2n) is 3.81. The Hall–Kier alpha value is -0.450. The molecule has 1 saturated heterocycles. The number of nitrogens with zero attached hydrogens (tertiary/aromatic N) is 1. The summed E-state index contributed by atoms with van der Waals surface area (Å²) in [6.07, 6.45) is 2.38. The van der Waals surface area contributed by atoms with Gasteiger partial charge >= 0.3 is 0 Å². The van der Waals surface area contributed by atoms with E-state index < -0.39 is 0 Å². The first-order valence-electron chi connectivity index (χ1n) is 5.38. The monoisotopic (exact) mass is 290 g/mol. The average Bonchev–Trinajstić information content (AvgIpc) is 2.82. The maximum Gasteiger partial charge on any atom is 0.271 e. The summed E-state index contributed by atoms with van der Waals surface area (Å²) in [5.74, 6) is 0.918. The number of hydrogen-bond donors (Lipinski definition) is 1. The van der Waals surface area contributed by atoms with Gasteiger partial charge < -0.3 is 5.32 Å². The van der Waals surface area contributed by atoms with Crippen LogP contribution < -0.4 is 5.32 Å². The molecular formula is C11H12Cl2N2OS. The largest absolute Gasteiger partial charge is 0.350 e. The number of aromatic nitrogens is 1. The highest BCUT2D eigenvalue weighted by Gasteiger charge is 2.18. The van der Waals surface area contributed by atoms with Crippen LogP contribution in [0.5, 0.6) is 0 Å². The molecule has 1 aliphatic rings. The van der Waals surface area contributed by atoms with Crippen LogP contribution in [0.3, 0.4) is 0 Å². The van der Waals surface area contributed by atoms with Crippen LogP contribution in [0, 0.1) is 0 Å². The number of amides is 1. The predicted molar refractivity (Wildman–Crippen MR) is 72.1 cm³/mol. The summed E-state index contributed by atoms with van der Waals surface area (Å²) in [6.45, 7) is 0.661. The van der Waals surface area contributed by atoms with E-state index in [2.05, 4.69) is 10.3 Å². The third-order valence-electron chi connectivity index (χ3n) is 2.54. The zero-order chi connectivity index (χ0) is 12.3. The third kappa shape index (κ3) is 3.50. The number of halogens is 2. The highest BCUT2D eigenvalue weighted by Crippen LogP contribution is 2.25. The van der Waals surface area contributed by atoms with Gasteiger partial charge in [0.05, 0.1) is 5.02 Å². The zero-order valence-corrected chi connectivity index (χ0v) is 11.4. The molecule has 1 aromatic heterocycles. The standard InChI is InChI=1S/C11H12Cl2N2OS/c12-8-3-4-9(13)15-10(8)11(16)14-6-7-2-1-5-17-7/h3-4,7H,1-2,5-6H2,(H,14,16). The summed E-state index contributed by atoms with van der Waals surface area (Å²) in [6, 6.07) is 3.14. The second-order valence-corrected chi connectivity index (χ2v) is 6.01. The van der Waals surface area contributed by atoms with Gasteiger partial charge in [0.1, 0.15) is 10.8 Å².